The SMILES string of the molecule is CC(O)CCNS(=O)(=O)c1c(N)ncn1C. The Balaban J connectivity index is 2.79. The number of hydrogen-bond acceptors (Lipinski definition) is 5. The standard InChI is InChI=1S/C8H16N4O3S/c1-6(13)3-4-11-16(14,15)8-7(9)10-5-12(8)2/h5-6,11,13H,3-4,9H2,1-2H3. The minimum atomic E-state index is -3.66. The molecule has 4 N–H and O–H groups in total. The predicted molar refractivity (Wildman–Crippen MR) is 59.1 cm³/mol. The smallest absolute Gasteiger partial charge is 0.260 e. The number of sulfonamides is 1. The molecule has 16 heavy (non-hydrogen) atoms. The summed E-state index contributed by atoms with van der Waals surface area (Å²) in [7, 11) is -2.11. The zero-order chi connectivity index (χ0) is 12.3. The van der Waals surface area contributed by atoms with E-state index in [0.29, 0.717) is 6.42 Å². The molecule has 1 rings (SSSR count). The van der Waals surface area contributed by atoms with E-state index >= 15 is 0 Å². The molecular weight excluding hydrogens is 232 g/mol. The minimum Gasteiger partial charge on any atom is -0.393 e. The van der Waals surface area contributed by atoms with Gasteiger partial charge in [0.25, 0.3) is 10.0 Å². The summed E-state index contributed by atoms with van der Waals surface area (Å²) in [4.78, 5) is 3.70. The summed E-state index contributed by atoms with van der Waals surface area (Å²) in [6, 6.07) is 0. The number of nitrogens with two attached hydrogens (primary N) is 1. The third-order valence-corrected chi connectivity index (χ3v) is 3.61. The molecular formula is C8H16N4O3S. The Kier molecular flexibility index (Phi) is 3.89. The Morgan fingerprint density at radius 2 is 2.31 bits per heavy atom. The van der Waals surface area contributed by atoms with Gasteiger partial charge in [-0.3, -0.25) is 0 Å². The first-order valence-corrected chi connectivity index (χ1v) is 6.27. The molecule has 8 heteroatoms. The third kappa shape index (κ3) is 2.94. The molecule has 0 aliphatic carbocycles. The second-order valence-electron chi connectivity index (χ2n) is 3.58. The number of hydrogen-bond donors (Lipinski definition) is 3. The highest BCUT2D eigenvalue weighted by Gasteiger charge is 2.21. The molecule has 0 bridgehead atoms. The van der Waals surface area contributed by atoms with Crippen molar-refractivity contribution < 1.29 is 13.5 Å². The zero-order valence-electron chi connectivity index (χ0n) is 9.21. The molecule has 0 spiro atoms. The molecule has 0 amide bonds. The summed E-state index contributed by atoms with van der Waals surface area (Å²) in [5.74, 6) is -0.0351. The van der Waals surface area contributed by atoms with Gasteiger partial charge in [0.2, 0.25) is 0 Å². The lowest BCUT2D eigenvalue weighted by Crippen LogP contribution is -2.28. The van der Waals surface area contributed by atoms with Crippen molar-refractivity contribution in [1.29, 1.82) is 0 Å². The van der Waals surface area contributed by atoms with E-state index in [9.17, 15) is 8.42 Å². The summed E-state index contributed by atoms with van der Waals surface area (Å²) in [5.41, 5.74) is 5.46. The summed E-state index contributed by atoms with van der Waals surface area (Å²) in [6.45, 7) is 1.75. The van der Waals surface area contributed by atoms with E-state index in [1.54, 1.807) is 14.0 Å². The second kappa shape index (κ2) is 4.81. The number of aromatic nitrogens is 2. The van der Waals surface area contributed by atoms with Crippen LogP contribution in [0.25, 0.3) is 0 Å². The number of nitrogen functional groups attached to an aromatic ring is 1. The van der Waals surface area contributed by atoms with E-state index in [0.717, 1.165) is 0 Å². The average Bonchev–Trinajstić information content (AvgIpc) is 2.45. The lowest BCUT2D eigenvalue weighted by atomic mass is 10.3. The van der Waals surface area contributed by atoms with Crippen molar-refractivity contribution in [3.05, 3.63) is 6.33 Å². The maximum Gasteiger partial charge on any atom is 0.260 e. The topological polar surface area (TPSA) is 110 Å². The second-order valence-corrected chi connectivity index (χ2v) is 5.26. The van der Waals surface area contributed by atoms with Crippen molar-refractivity contribution in [1.82, 2.24) is 14.3 Å². The monoisotopic (exact) mass is 248 g/mol. The summed E-state index contributed by atoms with van der Waals surface area (Å²) in [6.07, 6.45) is 1.13. The normalized spacial score (nSPS) is 13.9. The van der Waals surface area contributed by atoms with E-state index < -0.39 is 16.1 Å². The van der Waals surface area contributed by atoms with E-state index in [4.69, 9.17) is 10.8 Å². The fourth-order valence-electron chi connectivity index (χ4n) is 1.23. The van der Waals surface area contributed by atoms with E-state index in [-0.39, 0.29) is 17.4 Å². The molecule has 0 aliphatic rings. The predicted octanol–water partition coefficient (Wildman–Crippen LogP) is -0.948. The van der Waals surface area contributed by atoms with Crippen LogP contribution in [-0.4, -0.2) is 35.7 Å². The van der Waals surface area contributed by atoms with Crippen molar-refractivity contribution in [2.24, 2.45) is 7.05 Å². The van der Waals surface area contributed by atoms with E-state index in [2.05, 4.69) is 9.71 Å². The quantitative estimate of drug-likeness (QED) is 0.622. The van der Waals surface area contributed by atoms with Crippen LogP contribution in [0.5, 0.6) is 0 Å². The number of nitrogens with one attached hydrogen (secondary N) is 1. The maximum absolute atomic E-state index is 11.8. The molecule has 1 unspecified atom stereocenters. The molecule has 1 atom stereocenters. The number of nitrogens with zero attached hydrogens (tertiary/aromatic N) is 2. The fourth-order valence-corrected chi connectivity index (χ4v) is 2.51. The van der Waals surface area contributed by atoms with Crippen molar-refractivity contribution in [3.8, 4) is 0 Å². The van der Waals surface area contributed by atoms with Crippen LogP contribution in [-0.2, 0) is 17.1 Å². The van der Waals surface area contributed by atoms with Gasteiger partial charge in [-0.2, -0.15) is 0 Å². The number of anilines is 1. The van der Waals surface area contributed by atoms with Gasteiger partial charge < -0.3 is 15.4 Å². The van der Waals surface area contributed by atoms with Crippen molar-refractivity contribution >= 4 is 15.8 Å². The van der Waals surface area contributed by atoms with Gasteiger partial charge in [-0.15, -0.1) is 0 Å². The zero-order valence-corrected chi connectivity index (χ0v) is 10.0. The Morgan fingerprint density at radius 3 is 2.75 bits per heavy atom. The van der Waals surface area contributed by atoms with Crippen LogP contribution in [0.15, 0.2) is 11.4 Å². The van der Waals surface area contributed by atoms with Crippen molar-refractivity contribution in [2.45, 2.75) is 24.5 Å². The van der Waals surface area contributed by atoms with Gasteiger partial charge in [0, 0.05) is 13.6 Å². The van der Waals surface area contributed by atoms with Crippen LogP contribution < -0.4 is 10.5 Å². The van der Waals surface area contributed by atoms with Crippen LogP contribution in [0.3, 0.4) is 0 Å². The summed E-state index contributed by atoms with van der Waals surface area (Å²) >= 11 is 0. The first-order chi connectivity index (χ1) is 7.34. The Labute approximate surface area is 94.3 Å². The molecule has 0 saturated heterocycles. The Hall–Kier alpha value is -1.12. The van der Waals surface area contributed by atoms with Crippen LogP contribution in [0.2, 0.25) is 0 Å². The van der Waals surface area contributed by atoms with Gasteiger partial charge in [-0.05, 0) is 13.3 Å². The van der Waals surface area contributed by atoms with Gasteiger partial charge in [-0.1, -0.05) is 0 Å². The number of aliphatic hydroxyl groups excluding tert-OH is 1. The fraction of sp³-hybridized carbons (Fsp3) is 0.625. The van der Waals surface area contributed by atoms with Crippen LogP contribution in [0, 0.1) is 0 Å². The first kappa shape index (κ1) is 12.9. The van der Waals surface area contributed by atoms with Gasteiger partial charge in [0.1, 0.15) is 0 Å². The van der Waals surface area contributed by atoms with Crippen LogP contribution in [0.1, 0.15) is 13.3 Å². The number of aliphatic hydroxyl groups is 1. The number of aryl methyl sites for hydroxylation is 1. The molecule has 0 radical (unpaired) electrons. The van der Waals surface area contributed by atoms with Gasteiger partial charge >= 0.3 is 0 Å². The maximum atomic E-state index is 11.8. The average molecular weight is 248 g/mol. The third-order valence-electron chi connectivity index (χ3n) is 2.02. The lowest BCUT2D eigenvalue weighted by molar-refractivity contribution is 0.186. The number of imidazole rings is 1. The molecule has 1 aromatic heterocycles. The molecule has 92 valence electrons. The van der Waals surface area contributed by atoms with Crippen LogP contribution >= 0.6 is 0 Å². The van der Waals surface area contributed by atoms with Crippen molar-refractivity contribution in [3.63, 3.8) is 0 Å². The molecule has 1 heterocycles. The van der Waals surface area contributed by atoms with Gasteiger partial charge in [0.05, 0.1) is 12.4 Å². The molecule has 0 aromatic carbocycles. The van der Waals surface area contributed by atoms with E-state index in [1.165, 1.54) is 10.9 Å². The highest BCUT2D eigenvalue weighted by atomic mass is 32.2. The largest absolute Gasteiger partial charge is 0.393 e. The Morgan fingerprint density at radius 1 is 1.69 bits per heavy atom. The highest BCUT2D eigenvalue weighted by Crippen LogP contribution is 2.14. The van der Waals surface area contributed by atoms with E-state index in [1.807, 2.05) is 0 Å². The molecule has 0 fully saturated rings. The summed E-state index contributed by atoms with van der Waals surface area (Å²) in [5, 5.41) is 8.95. The van der Waals surface area contributed by atoms with Crippen LogP contribution in [0.4, 0.5) is 5.82 Å². The minimum absolute atomic E-state index is 0.0351. The molecule has 7 nitrogen and oxygen atoms in total. The van der Waals surface area contributed by atoms with Gasteiger partial charge in [0.15, 0.2) is 10.8 Å². The molecule has 0 saturated carbocycles. The molecule has 0 aliphatic heterocycles. The molecule has 1 aromatic rings. The van der Waals surface area contributed by atoms with Crippen molar-refractivity contribution in [2.75, 3.05) is 12.3 Å². The summed E-state index contributed by atoms with van der Waals surface area (Å²) < 4.78 is 27.2. The lowest BCUT2D eigenvalue weighted by Gasteiger charge is -2.08. The first-order valence-electron chi connectivity index (χ1n) is 4.79. The highest BCUT2D eigenvalue weighted by molar-refractivity contribution is 7.89. The number of rotatable bonds is 5. The Bertz CT molecular complexity index is 432. The van der Waals surface area contributed by atoms with Gasteiger partial charge in [-0.25, -0.2) is 18.1 Å².